The van der Waals surface area contributed by atoms with E-state index in [-0.39, 0.29) is 17.9 Å². The Kier molecular flexibility index (Phi) is 4.80. The molecular weight excluding hydrogens is 364 g/mol. The monoisotopic (exact) mass is 380 g/mol. The molecule has 4 aromatic rings. The number of nitrogens with zero attached hydrogens (tertiary/aromatic N) is 3. The highest BCUT2D eigenvalue weighted by atomic mass is 32.1. The third-order valence-corrected chi connectivity index (χ3v) is 4.96. The first-order valence-electron chi connectivity index (χ1n) is 8.43. The molecule has 0 aliphatic carbocycles. The highest BCUT2D eigenvalue weighted by molar-refractivity contribution is 7.13. The molecule has 136 valence electrons. The fourth-order valence-corrected chi connectivity index (χ4v) is 3.44. The molecule has 0 fully saturated rings. The van der Waals surface area contributed by atoms with Crippen molar-refractivity contribution in [3.63, 3.8) is 0 Å². The van der Waals surface area contributed by atoms with Crippen LogP contribution in [0.5, 0.6) is 0 Å². The van der Waals surface area contributed by atoms with Crippen LogP contribution in [0.15, 0.2) is 63.2 Å². The van der Waals surface area contributed by atoms with Crippen molar-refractivity contribution in [3.05, 3.63) is 70.0 Å². The number of rotatable bonds is 6. The summed E-state index contributed by atoms with van der Waals surface area (Å²) in [7, 11) is 0. The van der Waals surface area contributed by atoms with Gasteiger partial charge in [-0.25, -0.2) is 4.68 Å². The molecule has 8 heteroatoms. The minimum Gasteiger partial charge on any atom is -0.356 e. The van der Waals surface area contributed by atoms with Crippen LogP contribution >= 0.6 is 11.3 Å². The van der Waals surface area contributed by atoms with Gasteiger partial charge in [0.2, 0.25) is 5.91 Å². The average Bonchev–Trinajstić information content (AvgIpc) is 3.34. The van der Waals surface area contributed by atoms with Crippen LogP contribution < -0.4 is 10.9 Å². The van der Waals surface area contributed by atoms with Crippen molar-refractivity contribution in [2.75, 3.05) is 6.54 Å². The molecule has 1 amide bonds. The van der Waals surface area contributed by atoms with Crippen LogP contribution in [-0.4, -0.2) is 27.4 Å². The average molecular weight is 380 g/mol. The maximum atomic E-state index is 12.2. The number of benzene rings is 1. The highest BCUT2D eigenvalue weighted by Crippen LogP contribution is 2.21. The summed E-state index contributed by atoms with van der Waals surface area (Å²) in [6.07, 6.45) is 0.120. The molecule has 0 spiro atoms. The van der Waals surface area contributed by atoms with Crippen molar-refractivity contribution in [2.45, 2.75) is 13.0 Å². The SMILES string of the molecule is O=C(Cc1noc2ccccc12)NCCn1nc(-c2cccs2)ccc1=O. The number of amides is 1. The molecule has 3 heterocycles. The van der Waals surface area contributed by atoms with E-state index < -0.39 is 0 Å². The van der Waals surface area contributed by atoms with Crippen molar-refractivity contribution in [1.29, 1.82) is 0 Å². The first-order valence-corrected chi connectivity index (χ1v) is 9.31. The largest absolute Gasteiger partial charge is 0.356 e. The molecular formula is C19H16N4O3S. The van der Waals surface area contributed by atoms with Crippen LogP contribution in [0.3, 0.4) is 0 Å². The van der Waals surface area contributed by atoms with E-state index in [0.29, 0.717) is 24.4 Å². The molecule has 3 aromatic heterocycles. The number of para-hydroxylation sites is 1. The lowest BCUT2D eigenvalue weighted by atomic mass is 10.1. The number of hydrogen-bond acceptors (Lipinski definition) is 6. The Balaban J connectivity index is 1.37. The van der Waals surface area contributed by atoms with Crippen molar-refractivity contribution in [1.82, 2.24) is 20.3 Å². The van der Waals surface area contributed by atoms with Gasteiger partial charge in [-0.15, -0.1) is 11.3 Å². The summed E-state index contributed by atoms with van der Waals surface area (Å²) in [5, 5.41) is 13.9. The Hall–Kier alpha value is -3.26. The van der Waals surface area contributed by atoms with E-state index in [1.54, 1.807) is 17.4 Å². The van der Waals surface area contributed by atoms with Crippen molar-refractivity contribution < 1.29 is 9.32 Å². The van der Waals surface area contributed by atoms with Gasteiger partial charge in [0.1, 0.15) is 11.4 Å². The van der Waals surface area contributed by atoms with Gasteiger partial charge in [-0.2, -0.15) is 5.10 Å². The van der Waals surface area contributed by atoms with E-state index in [1.807, 2.05) is 41.8 Å². The number of hydrogen-bond donors (Lipinski definition) is 1. The van der Waals surface area contributed by atoms with Crippen LogP contribution in [0.25, 0.3) is 21.5 Å². The lowest BCUT2D eigenvalue weighted by Gasteiger charge is -2.07. The van der Waals surface area contributed by atoms with E-state index in [9.17, 15) is 9.59 Å². The molecule has 0 aliphatic heterocycles. The lowest BCUT2D eigenvalue weighted by Crippen LogP contribution is -2.32. The van der Waals surface area contributed by atoms with Crippen LogP contribution in [0.1, 0.15) is 5.69 Å². The zero-order valence-electron chi connectivity index (χ0n) is 14.3. The molecule has 7 nitrogen and oxygen atoms in total. The predicted molar refractivity (Wildman–Crippen MR) is 103 cm³/mol. The van der Waals surface area contributed by atoms with E-state index >= 15 is 0 Å². The number of thiophene rings is 1. The summed E-state index contributed by atoms with van der Waals surface area (Å²) < 4.78 is 6.57. The summed E-state index contributed by atoms with van der Waals surface area (Å²) in [6, 6.07) is 14.5. The second-order valence-electron chi connectivity index (χ2n) is 5.91. The van der Waals surface area contributed by atoms with E-state index in [0.717, 1.165) is 16.0 Å². The normalized spacial score (nSPS) is 11.0. The summed E-state index contributed by atoms with van der Waals surface area (Å²) in [5.41, 5.74) is 1.79. The second-order valence-corrected chi connectivity index (χ2v) is 6.86. The van der Waals surface area contributed by atoms with E-state index in [4.69, 9.17) is 4.52 Å². The van der Waals surface area contributed by atoms with Gasteiger partial charge in [0, 0.05) is 18.0 Å². The smallest absolute Gasteiger partial charge is 0.266 e. The first-order chi connectivity index (χ1) is 13.2. The van der Waals surface area contributed by atoms with Crippen molar-refractivity contribution in [3.8, 4) is 10.6 Å². The summed E-state index contributed by atoms with van der Waals surface area (Å²) in [6.45, 7) is 0.596. The van der Waals surface area contributed by atoms with Crippen LogP contribution in [0, 0.1) is 0 Å². The minimum atomic E-state index is -0.202. The molecule has 0 aliphatic rings. The fourth-order valence-electron chi connectivity index (χ4n) is 2.75. The number of fused-ring (bicyclic) bond motifs is 1. The van der Waals surface area contributed by atoms with Gasteiger partial charge in [-0.3, -0.25) is 9.59 Å². The Morgan fingerprint density at radius 2 is 2.04 bits per heavy atom. The van der Waals surface area contributed by atoms with Crippen LogP contribution in [0.4, 0.5) is 0 Å². The topological polar surface area (TPSA) is 90.0 Å². The molecule has 1 N–H and O–H groups in total. The maximum Gasteiger partial charge on any atom is 0.266 e. The Morgan fingerprint density at radius 1 is 1.15 bits per heavy atom. The Bertz CT molecular complexity index is 1130. The van der Waals surface area contributed by atoms with E-state index in [1.165, 1.54) is 10.7 Å². The van der Waals surface area contributed by atoms with Gasteiger partial charge >= 0.3 is 0 Å². The third-order valence-electron chi connectivity index (χ3n) is 4.07. The summed E-state index contributed by atoms with van der Waals surface area (Å²) in [5.74, 6) is -0.184. The zero-order chi connectivity index (χ0) is 18.6. The standard InChI is InChI=1S/C19H16N4O3S/c24-18(12-15-13-4-1-2-5-16(13)26-22-15)20-9-10-23-19(25)8-7-14(21-23)17-6-3-11-27-17/h1-8,11H,9-10,12H2,(H,20,24). The highest BCUT2D eigenvalue weighted by Gasteiger charge is 2.12. The van der Waals surface area contributed by atoms with Crippen molar-refractivity contribution >= 4 is 28.2 Å². The Labute approximate surface area is 158 Å². The number of aromatic nitrogens is 3. The van der Waals surface area contributed by atoms with Crippen LogP contribution in [-0.2, 0) is 17.8 Å². The molecule has 0 unspecified atom stereocenters. The molecule has 0 atom stereocenters. The van der Waals surface area contributed by atoms with Gasteiger partial charge in [0.25, 0.3) is 5.56 Å². The predicted octanol–water partition coefficient (Wildman–Crippen LogP) is 2.47. The van der Waals surface area contributed by atoms with E-state index in [2.05, 4.69) is 15.6 Å². The molecule has 0 saturated carbocycles. The van der Waals surface area contributed by atoms with Crippen LogP contribution in [0.2, 0.25) is 0 Å². The van der Waals surface area contributed by atoms with Gasteiger partial charge in [0.05, 0.1) is 17.8 Å². The van der Waals surface area contributed by atoms with Gasteiger partial charge in [-0.05, 0) is 29.6 Å². The lowest BCUT2D eigenvalue weighted by molar-refractivity contribution is -0.120. The summed E-state index contributed by atoms with van der Waals surface area (Å²) >= 11 is 1.56. The fraction of sp³-hybridized carbons (Fsp3) is 0.158. The minimum absolute atomic E-state index is 0.120. The third kappa shape index (κ3) is 3.80. The van der Waals surface area contributed by atoms with Gasteiger partial charge in [0.15, 0.2) is 5.58 Å². The molecule has 0 bridgehead atoms. The first kappa shape index (κ1) is 17.2. The maximum absolute atomic E-state index is 12.2. The van der Waals surface area contributed by atoms with Gasteiger partial charge < -0.3 is 9.84 Å². The van der Waals surface area contributed by atoms with Gasteiger partial charge in [-0.1, -0.05) is 23.4 Å². The molecule has 0 saturated heterocycles. The van der Waals surface area contributed by atoms with Crippen molar-refractivity contribution in [2.24, 2.45) is 0 Å². The number of carbonyl (C=O) groups excluding carboxylic acids is 1. The number of carbonyl (C=O) groups is 1. The Morgan fingerprint density at radius 3 is 2.89 bits per heavy atom. The summed E-state index contributed by atoms with van der Waals surface area (Å²) in [4.78, 5) is 25.2. The molecule has 27 heavy (non-hydrogen) atoms. The molecule has 0 radical (unpaired) electrons. The molecule has 4 rings (SSSR count). The quantitative estimate of drug-likeness (QED) is 0.555. The molecule has 1 aromatic carbocycles. The zero-order valence-corrected chi connectivity index (χ0v) is 15.1. The number of nitrogens with one attached hydrogen (secondary N) is 1. The second kappa shape index (κ2) is 7.55.